The smallest absolute Gasteiger partial charge is 0.207 e. The Kier molecular flexibility index (Phi) is 1.97. The lowest BCUT2D eigenvalue weighted by molar-refractivity contribution is -0.105. The third-order valence-corrected chi connectivity index (χ3v) is 2.71. The predicted molar refractivity (Wildman–Crippen MR) is 41.7 cm³/mol. The summed E-state index contributed by atoms with van der Waals surface area (Å²) >= 11 is 0. The summed E-state index contributed by atoms with van der Waals surface area (Å²) in [5.74, 6) is -2.85. The van der Waals surface area contributed by atoms with Gasteiger partial charge in [0.15, 0.2) is 0 Å². The molecule has 0 heterocycles. The first-order valence-electron chi connectivity index (χ1n) is 4.21. The Labute approximate surface area is 67.0 Å². The van der Waals surface area contributed by atoms with Gasteiger partial charge in [0.2, 0.25) is 0 Å². The molecule has 1 fully saturated rings. The maximum Gasteiger partial charge on any atom is 0.250 e. The fourth-order valence-electron chi connectivity index (χ4n) is 1.83. The largest absolute Gasteiger partial charge is 0.250 e. The van der Waals surface area contributed by atoms with Crippen LogP contribution in [0, 0.1) is 11.3 Å². The van der Waals surface area contributed by atoms with Crippen molar-refractivity contribution in [3.05, 3.63) is 0 Å². The molecule has 0 aromatic heterocycles. The molecular formula is C9H16F2. The van der Waals surface area contributed by atoms with Crippen molar-refractivity contribution < 1.29 is 8.78 Å². The standard InChI is InChI=1S/C9H16F2/c1-7-6-8(2,3)4-5-9(7,10)11/h7H,4-6H2,1-3H3. The Morgan fingerprint density at radius 1 is 1.18 bits per heavy atom. The van der Waals surface area contributed by atoms with E-state index in [4.69, 9.17) is 0 Å². The van der Waals surface area contributed by atoms with Crippen LogP contribution in [0.15, 0.2) is 0 Å². The first-order chi connectivity index (χ1) is 4.83. The molecule has 0 nitrogen and oxygen atoms in total. The van der Waals surface area contributed by atoms with Crippen LogP contribution in [0.2, 0.25) is 0 Å². The minimum absolute atomic E-state index is 0.0706. The monoisotopic (exact) mass is 162 g/mol. The van der Waals surface area contributed by atoms with E-state index in [0.717, 1.165) is 0 Å². The van der Waals surface area contributed by atoms with E-state index in [1.54, 1.807) is 6.92 Å². The summed E-state index contributed by atoms with van der Waals surface area (Å²) in [6, 6.07) is 0. The molecule has 1 aliphatic carbocycles. The van der Waals surface area contributed by atoms with Gasteiger partial charge in [-0.2, -0.15) is 0 Å². The number of alkyl halides is 2. The maximum atomic E-state index is 12.9. The van der Waals surface area contributed by atoms with Gasteiger partial charge >= 0.3 is 0 Å². The van der Waals surface area contributed by atoms with E-state index in [1.807, 2.05) is 0 Å². The molecule has 0 saturated heterocycles. The summed E-state index contributed by atoms with van der Waals surface area (Å²) in [5.41, 5.74) is 0.126. The van der Waals surface area contributed by atoms with Crippen molar-refractivity contribution in [1.29, 1.82) is 0 Å². The molecule has 11 heavy (non-hydrogen) atoms. The summed E-state index contributed by atoms with van der Waals surface area (Å²) in [6.45, 7) is 5.79. The fraction of sp³-hybridized carbons (Fsp3) is 1.00. The van der Waals surface area contributed by atoms with Crippen molar-refractivity contribution in [2.24, 2.45) is 11.3 Å². The molecule has 0 N–H and O–H groups in total. The van der Waals surface area contributed by atoms with E-state index in [0.29, 0.717) is 12.8 Å². The molecule has 1 unspecified atom stereocenters. The third kappa shape index (κ3) is 1.91. The second-order valence-electron chi connectivity index (χ2n) is 4.53. The van der Waals surface area contributed by atoms with Gasteiger partial charge in [-0.05, 0) is 18.3 Å². The highest BCUT2D eigenvalue weighted by Crippen LogP contribution is 2.46. The van der Waals surface area contributed by atoms with Gasteiger partial charge in [0.25, 0.3) is 5.92 Å². The third-order valence-electron chi connectivity index (χ3n) is 2.71. The number of hydrogen-bond donors (Lipinski definition) is 0. The molecule has 0 aromatic carbocycles. The molecule has 1 atom stereocenters. The highest BCUT2D eigenvalue weighted by Gasteiger charge is 2.44. The Balaban J connectivity index is 2.63. The van der Waals surface area contributed by atoms with Crippen molar-refractivity contribution in [2.75, 3.05) is 0 Å². The van der Waals surface area contributed by atoms with Crippen LogP contribution < -0.4 is 0 Å². The summed E-state index contributed by atoms with van der Waals surface area (Å²) < 4.78 is 25.9. The van der Waals surface area contributed by atoms with E-state index in [-0.39, 0.29) is 11.8 Å². The van der Waals surface area contributed by atoms with Crippen molar-refractivity contribution in [3.8, 4) is 0 Å². The second kappa shape index (κ2) is 2.43. The van der Waals surface area contributed by atoms with Gasteiger partial charge in [0, 0.05) is 12.3 Å². The topological polar surface area (TPSA) is 0 Å². The normalized spacial score (nSPS) is 35.2. The SMILES string of the molecule is CC1CC(C)(C)CCC1(F)F. The lowest BCUT2D eigenvalue weighted by Gasteiger charge is -2.38. The lowest BCUT2D eigenvalue weighted by Crippen LogP contribution is -2.36. The van der Waals surface area contributed by atoms with Crippen molar-refractivity contribution in [1.82, 2.24) is 0 Å². The van der Waals surface area contributed by atoms with Gasteiger partial charge < -0.3 is 0 Å². The summed E-state index contributed by atoms with van der Waals surface area (Å²) in [5, 5.41) is 0. The summed E-state index contributed by atoms with van der Waals surface area (Å²) in [6.07, 6.45) is 1.38. The van der Waals surface area contributed by atoms with Gasteiger partial charge in [-0.15, -0.1) is 0 Å². The van der Waals surface area contributed by atoms with Gasteiger partial charge in [0.1, 0.15) is 0 Å². The van der Waals surface area contributed by atoms with Crippen LogP contribution in [0.4, 0.5) is 8.78 Å². The average molecular weight is 162 g/mol. The molecule has 0 aromatic rings. The Hall–Kier alpha value is -0.140. The average Bonchev–Trinajstić information content (AvgIpc) is 1.81. The van der Waals surface area contributed by atoms with E-state index < -0.39 is 11.8 Å². The van der Waals surface area contributed by atoms with Gasteiger partial charge in [0.05, 0.1) is 0 Å². The number of hydrogen-bond acceptors (Lipinski definition) is 0. The Morgan fingerprint density at radius 2 is 1.73 bits per heavy atom. The highest BCUT2D eigenvalue weighted by atomic mass is 19.3. The van der Waals surface area contributed by atoms with Crippen LogP contribution in [-0.2, 0) is 0 Å². The number of rotatable bonds is 0. The minimum atomic E-state index is -2.41. The van der Waals surface area contributed by atoms with Crippen molar-refractivity contribution >= 4 is 0 Å². The van der Waals surface area contributed by atoms with Crippen molar-refractivity contribution in [3.63, 3.8) is 0 Å². The van der Waals surface area contributed by atoms with Crippen molar-refractivity contribution in [2.45, 2.75) is 46.0 Å². The zero-order chi connectivity index (χ0) is 8.70. The van der Waals surface area contributed by atoms with Crippen LogP contribution in [0.5, 0.6) is 0 Å². The Morgan fingerprint density at radius 3 is 2.09 bits per heavy atom. The summed E-state index contributed by atoms with van der Waals surface area (Å²) in [4.78, 5) is 0. The second-order valence-corrected chi connectivity index (χ2v) is 4.53. The molecule has 1 rings (SSSR count). The van der Waals surface area contributed by atoms with Crippen LogP contribution in [0.3, 0.4) is 0 Å². The molecule has 1 saturated carbocycles. The predicted octanol–water partition coefficient (Wildman–Crippen LogP) is 3.47. The molecule has 0 spiro atoms. The van der Waals surface area contributed by atoms with E-state index in [1.165, 1.54) is 0 Å². The van der Waals surface area contributed by atoms with Crippen LogP contribution in [0.1, 0.15) is 40.0 Å². The van der Waals surface area contributed by atoms with Crippen LogP contribution in [-0.4, -0.2) is 5.92 Å². The van der Waals surface area contributed by atoms with E-state index in [2.05, 4.69) is 13.8 Å². The molecule has 2 heteroatoms. The van der Waals surface area contributed by atoms with Gasteiger partial charge in [-0.25, -0.2) is 8.78 Å². The first kappa shape index (κ1) is 8.95. The number of halogens is 2. The zero-order valence-corrected chi connectivity index (χ0v) is 7.45. The molecule has 0 bridgehead atoms. The first-order valence-corrected chi connectivity index (χ1v) is 4.21. The fourth-order valence-corrected chi connectivity index (χ4v) is 1.83. The molecule has 0 amide bonds. The molecular weight excluding hydrogens is 146 g/mol. The molecule has 66 valence electrons. The maximum absolute atomic E-state index is 12.9. The van der Waals surface area contributed by atoms with E-state index in [9.17, 15) is 8.78 Å². The molecule has 0 radical (unpaired) electrons. The van der Waals surface area contributed by atoms with Gasteiger partial charge in [-0.3, -0.25) is 0 Å². The summed E-state index contributed by atoms with van der Waals surface area (Å²) in [7, 11) is 0. The minimum Gasteiger partial charge on any atom is -0.207 e. The van der Waals surface area contributed by atoms with Crippen LogP contribution >= 0.6 is 0 Å². The lowest BCUT2D eigenvalue weighted by atomic mass is 9.71. The highest BCUT2D eigenvalue weighted by molar-refractivity contribution is 4.87. The van der Waals surface area contributed by atoms with Gasteiger partial charge in [-0.1, -0.05) is 20.8 Å². The molecule has 1 aliphatic rings. The molecule has 0 aliphatic heterocycles. The van der Waals surface area contributed by atoms with E-state index >= 15 is 0 Å². The van der Waals surface area contributed by atoms with Crippen LogP contribution in [0.25, 0.3) is 0 Å². The quantitative estimate of drug-likeness (QED) is 0.511. The Bertz CT molecular complexity index is 150. The zero-order valence-electron chi connectivity index (χ0n) is 7.45.